The SMILES string of the molecule is Cc1ccc(S(=O)(=O)N2CCC(Oc3ccc4ccccc4n3)C2)c(C)c1. The molecule has 1 saturated heterocycles. The highest BCUT2D eigenvalue weighted by atomic mass is 32.2. The van der Waals surface area contributed by atoms with Gasteiger partial charge in [-0.15, -0.1) is 0 Å². The molecular formula is C21H22N2O3S. The van der Waals surface area contributed by atoms with Gasteiger partial charge in [0.15, 0.2) is 0 Å². The molecule has 2 heterocycles. The van der Waals surface area contributed by atoms with Crippen LogP contribution in [0.3, 0.4) is 0 Å². The molecule has 2 aromatic carbocycles. The van der Waals surface area contributed by atoms with Crippen molar-refractivity contribution in [2.45, 2.75) is 31.3 Å². The van der Waals surface area contributed by atoms with E-state index in [1.54, 1.807) is 6.07 Å². The summed E-state index contributed by atoms with van der Waals surface area (Å²) < 4.78 is 33.5. The van der Waals surface area contributed by atoms with E-state index in [9.17, 15) is 8.42 Å². The third-order valence-corrected chi connectivity index (χ3v) is 6.94. The Morgan fingerprint density at radius 3 is 2.70 bits per heavy atom. The van der Waals surface area contributed by atoms with E-state index in [4.69, 9.17) is 4.74 Å². The maximum atomic E-state index is 13.0. The summed E-state index contributed by atoms with van der Waals surface area (Å²) in [6.45, 7) is 4.58. The van der Waals surface area contributed by atoms with Gasteiger partial charge in [-0.25, -0.2) is 13.4 Å². The lowest BCUT2D eigenvalue weighted by molar-refractivity contribution is 0.207. The Morgan fingerprint density at radius 1 is 1.07 bits per heavy atom. The number of fused-ring (bicyclic) bond motifs is 1. The highest BCUT2D eigenvalue weighted by molar-refractivity contribution is 7.89. The van der Waals surface area contributed by atoms with Gasteiger partial charge in [-0.3, -0.25) is 0 Å². The van der Waals surface area contributed by atoms with E-state index in [1.807, 2.05) is 62.4 Å². The zero-order chi connectivity index (χ0) is 19.0. The van der Waals surface area contributed by atoms with Crippen molar-refractivity contribution in [3.63, 3.8) is 0 Å². The zero-order valence-corrected chi connectivity index (χ0v) is 16.2. The Hall–Kier alpha value is -2.44. The maximum absolute atomic E-state index is 13.0. The van der Waals surface area contributed by atoms with Gasteiger partial charge in [-0.2, -0.15) is 4.31 Å². The van der Waals surface area contributed by atoms with Crippen LogP contribution in [0.5, 0.6) is 5.88 Å². The van der Waals surface area contributed by atoms with E-state index in [2.05, 4.69) is 4.98 Å². The van der Waals surface area contributed by atoms with Gasteiger partial charge in [0.2, 0.25) is 15.9 Å². The number of aryl methyl sites for hydroxylation is 2. The molecule has 0 N–H and O–H groups in total. The van der Waals surface area contributed by atoms with Gasteiger partial charge in [-0.05, 0) is 44.0 Å². The lowest BCUT2D eigenvalue weighted by Gasteiger charge is -2.18. The first-order valence-corrected chi connectivity index (χ1v) is 10.5. The molecule has 0 spiro atoms. The van der Waals surface area contributed by atoms with Crippen molar-refractivity contribution in [2.75, 3.05) is 13.1 Å². The standard InChI is InChI=1S/C21H22N2O3S/c1-15-7-9-20(16(2)13-15)27(24,25)23-12-11-18(14-23)26-21-10-8-17-5-3-4-6-19(17)22-21/h3-10,13,18H,11-12,14H2,1-2H3. The molecule has 0 bridgehead atoms. The fraction of sp³-hybridized carbons (Fsp3) is 0.286. The molecule has 1 fully saturated rings. The summed E-state index contributed by atoms with van der Waals surface area (Å²) in [6, 6.07) is 17.1. The highest BCUT2D eigenvalue weighted by Crippen LogP contribution is 2.26. The average molecular weight is 382 g/mol. The minimum Gasteiger partial charge on any atom is -0.473 e. The van der Waals surface area contributed by atoms with E-state index in [0.29, 0.717) is 30.3 Å². The number of para-hydroxylation sites is 1. The van der Waals surface area contributed by atoms with E-state index in [1.165, 1.54) is 4.31 Å². The maximum Gasteiger partial charge on any atom is 0.243 e. The van der Waals surface area contributed by atoms with Crippen LogP contribution in [0.1, 0.15) is 17.5 Å². The second-order valence-corrected chi connectivity index (χ2v) is 8.91. The molecule has 140 valence electrons. The molecule has 0 amide bonds. The summed E-state index contributed by atoms with van der Waals surface area (Å²) in [5, 5.41) is 1.05. The number of nitrogens with zero attached hydrogens (tertiary/aromatic N) is 2. The molecule has 1 unspecified atom stereocenters. The van der Waals surface area contributed by atoms with Gasteiger partial charge in [0.25, 0.3) is 0 Å². The molecule has 4 rings (SSSR count). The van der Waals surface area contributed by atoms with Crippen LogP contribution < -0.4 is 4.74 Å². The van der Waals surface area contributed by atoms with Crippen LogP contribution in [0, 0.1) is 13.8 Å². The van der Waals surface area contributed by atoms with Gasteiger partial charge < -0.3 is 4.74 Å². The number of benzene rings is 2. The molecule has 0 aliphatic carbocycles. The molecule has 5 nitrogen and oxygen atoms in total. The molecule has 0 radical (unpaired) electrons. The Balaban J connectivity index is 1.50. The van der Waals surface area contributed by atoms with Crippen molar-refractivity contribution in [3.05, 3.63) is 65.7 Å². The lowest BCUT2D eigenvalue weighted by atomic mass is 10.2. The van der Waals surface area contributed by atoms with Crippen LogP contribution in [0.25, 0.3) is 10.9 Å². The second kappa shape index (κ2) is 6.94. The monoisotopic (exact) mass is 382 g/mol. The van der Waals surface area contributed by atoms with E-state index < -0.39 is 10.0 Å². The predicted molar refractivity (Wildman–Crippen MR) is 105 cm³/mol. The summed E-state index contributed by atoms with van der Waals surface area (Å²) in [7, 11) is -3.51. The summed E-state index contributed by atoms with van der Waals surface area (Å²) in [5.74, 6) is 0.532. The van der Waals surface area contributed by atoms with E-state index in [-0.39, 0.29) is 6.10 Å². The molecule has 1 aliphatic heterocycles. The van der Waals surface area contributed by atoms with Gasteiger partial charge in [-0.1, -0.05) is 35.9 Å². The van der Waals surface area contributed by atoms with Crippen LogP contribution in [0.2, 0.25) is 0 Å². The van der Waals surface area contributed by atoms with Crippen LogP contribution >= 0.6 is 0 Å². The predicted octanol–water partition coefficient (Wildman–Crippen LogP) is 3.69. The Bertz CT molecular complexity index is 1100. The number of sulfonamides is 1. The van der Waals surface area contributed by atoms with Crippen molar-refractivity contribution in [3.8, 4) is 5.88 Å². The number of hydrogen-bond donors (Lipinski definition) is 0. The number of aromatic nitrogens is 1. The van der Waals surface area contributed by atoms with Crippen LogP contribution in [-0.2, 0) is 10.0 Å². The first kappa shape index (κ1) is 17.9. The molecule has 3 aromatic rings. The fourth-order valence-electron chi connectivity index (χ4n) is 3.52. The summed E-state index contributed by atoms with van der Waals surface area (Å²) in [6.07, 6.45) is 0.456. The minimum atomic E-state index is -3.51. The van der Waals surface area contributed by atoms with Gasteiger partial charge >= 0.3 is 0 Å². The first-order chi connectivity index (χ1) is 12.9. The van der Waals surface area contributed by atoms with E-state index in [0.717, 1.165) is 22.0 Å². The number of rotatable bonds is 4. The first-order valence-electron chi connectivity index (χ1n) is 9.03. The summed E-state index contributed by atoms with van der Waals surface area (Å²) in [4.78, 5) is 4.89. The van der Waals surface area contributed by atoms with Crippen LogP contribution in [-0.4, -0.2) is 36.9 Å². The third-order valence-electron chi connectivity index (χ3n) is 4.92. The largest absolute Gasteiger partial charge is 0.473 e. The van der Waals surface area contributed by atoms with Gasteiger partial charge in [0, 0.05) is 18.0 Å². The normalized spacial score (nSPS) is 18.1. The Labute approximate surface area is 159 Å². The Morgan fingerprint density at radius 2 is 1.89 bits per heavy atom. The minimum absolute atomic E-state index is 0.195. The second-order valence-electron chi connectivity index (χ2n) is 7.00. The molecule has 1 aromatic heterocycles. The van der Waals surface area contributed by atoms with Crippen molar-refractivity contribution in [1.29, 1.82) is 0 Å². The number of ether oxygens (including phenoxy) is 1. The molecule has 27 heavy (non-hydrogen) atoms. The molecule has 6 heteroatoms. The summed E-state index contributed by atoms with van der Waals surface area (Å²) >= 11 is 0. The van der Waals surface area contributed by atoms with Crippen LogP contribution in [0.4, 0.5) is 0 Å². The number of pyridine rings is 1. The molecule has 0 saturated carbocycles. The van der Waals surface area contributed by atoms with Gasteiger partial charge in [0.1, 0.15) is 6.10 Å². The topological polar surface area (TPSA) is 59.5 Å². The molecular weight excluding hydrogens is 360 g/mol. The number of hydrogen-bond acceptors (Lipinski definition) is 4. The van der Waals surface area contributed by atoms with Crippen molar-refractivity contribution < 1.29 is 13.2 Å². The zero-order valence-electron chi connectivity index (χ0n) is 15.4. The smallest absolute Gasteiger partial charge is 0.243 e. The van der Waals surface area contributed by atoms with E-state index >= 15 is 0 Å². The Kier molecular flexibility index (Phi) is 4.61. The highest BCUT2D eigenvalue weighted by Gasteiger charge is 2.34. The van der Waals surface area contributed by atoms with Gasteiger partial charge in [0.05, 0.1) is 17.0 Å². The van der Waals surface area contributed by atoms with Crippen molar-refractivity contribution >= 4 is 20.9 Å². The fourth-order valence-corrected chi connectivity index (χ4v) is 5.22. The van der Waals surface area contributed by atoms with Crippen molar-refractivity contribution in [2.24, 2.45) is 0 Å². The quantitative estimate of drug-likeness (QED) is 0.690. The van der Waals surface area contributed by atoms with Crippen LogP contribution in [0.15, 0.2) is 59.5 Å². The molecule has 1 atom stereocenters. The summed E-state index contributed by atoms with van der Waals surface area (Å²) in [5.41, 5.74) is 2.69. The lowest BCUT2D eigenvalue weighted by Crippen LogP contribution is -2.31. The average Bonchev–Trinajstić information content (AvgIpc) is 3.10. The molecule has 1 aliphatic rings. The van der Waals surface area contributed by atoms with Crippen molar-refractivity contribution in [1.82, 2.24) is 9.29 Å². The third kappa shape index (κ3) is 3.55.